The maximum absolute atomic E-state index is 12.4. The molecule has 0 unspecified atom stereocenters. The number of ether oxygens (including phenoxy) is 1. The summed E-state index contributed by atoms with van der Waals surface area (Å²) in [5, 5.41) is 5.40. The molecule has 0 aromatic heterocycles. The Morgan fingerprint density at radius 1 is 0.893 bits per heavy atom. The maximum Gasteiger partial charge on any atom is 0.244 e. The van der Waals surface area contributed by atoms with Crippen molar-refractivity contribution < 1.29 is 19.1 Å². The van der Waals surface area contributed by atoms with Crippen LogP contribution in [0, 0.1) is 0 Å². The van der Waals surface area contributed by atoms with Gasteiger partial charge in [0.1, 0.15) is 12.3 Å². The highest BCUT2D eigenvalue weighted by Crippen LogP contribution is 2.21. The molecule has 0 radical (unpaired) electrons. The zero-order valence-corrected chi connectivity index (χ0v) is 16.5. The molecular formula is C21H25N3O4. The summed E-state index contributed by atoms with van der Waals surface area (Å²) >= 11 is 0. The van der Waals surface area contributed by atoms with Crippen molar-refractivity contribution in [1.82, 2.24) is 0 Å². The van der Waals surface area contributed by atoms with Gasteiger partial charge in [-0.25, -0.2) is 0 Å². The number of rotatable bonds is 7. The van der Waals surface area contributed by atoms with E-state index >= 15 is 0 Å². The predicted molar refractivity (Wildman–Crippen MR) is 110 cm³/mol. The molecule has 0 fully saturated rings. The number of nitrogens with one attached hydrogen (secondary N) is 2. The van der Waals surface area contributed by atoms with Crippen LogP contribution >= 0.6 is 0 Å². The molecule has 2 aromatic carbocycles. The molecule has 0 saturated carbocycles. The third-order valence-corrected chi connectivity index (χ3v) is 3.69. The van der Waals surface area contributed by atoms with Crippen molar-refractivity contribution >= 4 is 34.8 Å². The lowest BCUT2D eigenvalue weighted by Gasteiger charge is -2.21. The van der Waals surface area contributed by atoms with Crippen LogP contribution < -0.4 is 20.3 Å². The Kier molecular flexibility index (Phi) is 7.14. The molecule has 7 nitrogen and oxygen atoms in total. The van der Waals surface area contributed by atoms with Gasteiger partial charge in [-0.2, -0.15) is 0 Å². The van der Waals surface area contributed by atoms with Crippen molar-refractivity contribution in [2.24, 2.45) is 0 Å². The van der Waals surface area contributed by atoms with Gasteiger partial charge in [0.05, 0.1) is 6.10 Å². The van der Waals surface area contributed by atoms with Crippen LogP contribution in [-0.4, -0.2) is 30.4 Å². The molecular weight excluding hydrogens is 358 g/mol. The van der Waals surface area contributed by atoms with Crippen LogP contribution in [-0.2, 0) is 14.4 Å². The van der Waals surface area contributed by atoms with Gasteiger partial charge < -0.3 is 20.3 Å². The van der Waals surface area contributed by atoms with E-state index < -0.39 is 0 Å². The molecule has 0 spiro atoms. The number of hydrogen-bond donors (Lipinski definition) is 2. The Morgan fingerprint density at radius 3 is 1.89 bits per heavy atom. The van der Waals surface area contributed by atoms with Gasteiger partial charge in [-0.15, -0.1) is 0 Å². The molecule has 3 amide bonds. The zero-order chi connectivity index (χ0) is 20.7. The summed E-state index contributed by atoms with van der Waals surface area (Å²) in [7, 11) is 0. The first-order valence-corrected chi connectivity index (χ1v) is 8.97. The zero-order valence-electron chi connectivity index (χ0n) is 16.5. The minimum absolute atomic E-state index is 0.0533. The van der Waals surface area contributed by atoms with Gasteiger partial charge in [-0.1, -0.05) is 0 Å². The largest absolute Gasteiger partial charge is 0.491 e. The average Bonchev–Trinajstić information content (AvgIpc) is 2.61. The monoisotopic (exact) mass is 383 g/mol. The van der Waals surface area contributed by atoms with E-state index in [2.05, 4.69) is 10.6 Å². The van der Waals surface area contributed by atoms with E-state index in [9.17, 15) is 14.4 Å². The minimum atomic E-state index is -0.329. The highest BCUT2D eigenvalue weighted by atomic mass is 16.5. The van der Waals surface area contributed by atoms with Gasteiger partial charge in [-0.3, -0.25) is 14.4 Å². The standard InChI is InChI=1S/C21H25N3O4/c1-14(2)28-20-11-9-19(10-12-20)24(16(4)26)13-21(27)23-18-7-5-17(6-8-18)22-15(3)25/h5-12,14H,13H2,1-4H3,(H,22,25)(H,23,27). The van der Waals surface area contributed by atoms with Crippen LogP contribution in [0.5, 0.6) is 5.75 Å². The van der Waals surface area contributed by atoms with E-state index in [4.69, 9.17) is 4.74 Å². The van der Waals surface area contributed by atoms with Gasteiger partial charge in [0.2, 0.25) is 17.7 Å². The molecule has 2 N–H and O–H groups in total. The third kappa shape index (κ3) is 6.42. The van der Waals surface area contributed by atoms with Crippen molar-refractivity contribution in [1.29, 1.82) is 0 Å². The molecule has 2 rings (SSSR count). The highest BCUT2D eigenvalue weighted by molar-refractivity contribution is 6.02. The summed E-state index contributed by atoms with van der Waals surface area (Å²) < 4.78 is 5.59. The normalized spacial score (nSPS) is 10.3. The summed E-state index contributed by atoms with van der Waals surface area (Å²) in [6.45, 7) is 6.58. The quantitative estimate of drug-likeness (QED) is 0.767. The number of benzene rings is 2. The fraction of sp³-hybridized carbons (Fsp3) is 0.286. The van der Waals surface area contributed by atoms with E-state index in [0.717, 1.165) is 0 Å². The molecule has 2 aromatic rings. The molecule has 0 bridgehead atoms. The molecule has 0 atom stereocenters. The summed E-state index contributed by atoms with van der Waals surface area (Å²) in [6.07, 6.45) is 0.0533. The summed E-state index contributed by atoms with van der Waals surface area (Å²) in [5.74, 6) is -0.0386. The number of hydrogen-bond acceptors (Lipinski definition) is 4. The number of anilines is 3. The van der Waals surface area contributed by atoms with Crippen LogP contribution in [0.1, 0.15) is 27.7 Å². The Bertz CT molecular complexity index is 830. The minimum Gasteiger partial charge on any atom is -0.491 e. The van der Waals surface area contributed by atoms with Gasteiger partial charge in [-0.05, 0) is 62.4 Å². The van der Waals surface area contributed by atoms with Crippen LogP contribution in [0.25, 0.3) is 0 Å². The van der Waals surface area contributed by atoms with E-state index in [0.29, 0.717) is 22.8 Å². The van der Waals surface area contributed by atoms with Crippen LogP contribution in [0.15, 0.2) is 48.5 Å². The Morgan fingerprint density at radius 2 is 1.43 bits per heavy atom. The van der Waals surface area contributed by atoms with Crippen LogP contribution in [0.2, 0.25) is 0 Å². The van der Waals surface area contributed by atoms with E-state index in [1.807, 2.05) is 13.8 Å². The Labute approximate surface area is 164 Å². The fourth-order valence-electron chi connectivity index (χ4n) is 2.55. The van der Waals surface area contributed by atoms with E-state index in [1.54, 1.807) is 48.5 Å². The molecule has 0 aliphatic rings. The molecule has 0 aliphatic heterocycles. The first-order valence-electron chi connectivity index (χ1n) is 8.97. The number of nitrogens with zero attached hydrogens (tertiary/aromatic N) is 1. The number of carbonyl (C=O) groups is 3. The lowest BCUT2D eigenvalue weighted by molar-refractivity contribution is -0.120. The topological polar surface area (TPSA) is 87.7 Å². The third-order valence-electron chi connectivity index (χ3n) is 3.69. The number of carbonyl (C=O) groups excluding carboxylic acids is 3. The van der Waals surface area contributed by atoms with Crippen molar-refractivity contribution in [3.05, 3.63) is 48.5 Å². The second-order valence-corrected chi connectivity index (χ2v) is 6.57. The lowest BCUT2D eigenvalue weighted by atomic mass is 10.2. The van der Waals surface area contributed by atoms with Crippen molar-refractivity contribution in [3.8, 4) is 5.75 Å². The van der Waals surface area contributed by atoms with Crippen LogP contribution in [0.4, 0.5) is 17.1 Å². The van der Waals surface area contributed by atoms with Gasteiger partial charge in [0.25, 0.3) is 0 Å². The second kappa shape index (κ2) is 9.55. The van der Waals surface area contributed by atoms with E-state index in [-0.39, 0.29) is 30.4 Å². The smallest absolute Gasteiger partial charge is 0.244 e. The molecule has 0 saturated heterocycles. The Hall–Kier alpha value is -3.35. The summed E-state index contributed by atoms with van der Waals surface area (Å²) in [6, 6.07) is 13.8. The number of amides is 3. The van der Waals surface area contributed by atoms with Gasteiger partial charge in [0, 0.05) is 30.9 Å². The van der Waals surface area contributed by atoms with E-state index in [1.165, 1.54) is 18.7 Å². The SMILES string of the molecule is CC(=O)Nc1ccc(NC(=O)CN(C(C)=O)c2ccc(OC(C)C)cc2)cc1. The summed E-state index contributed by atoms with van der Waals surface area (Å²) in [5.41, 5.74) is 1.82. The first-order chi connectivity index (χ1) is 13.2. The molecule has 0 heterocycles. The lowest BCUT2D eigenvalue weighted by Crippen LogP contribution is -2.36. The Balaban J connectivity index is 2.02. The first kappa shape index (κ1) is 21.0. The van der Waals surface area contributed by atoms with Crippen LogP contribution in [0.3, 0.4) is 0 Å². The van der Waals surface area contributed by atoms with Gasteiger partial charge in [0.15, 0.2) is 0 Å². The molecule has 148 valence electrons. The average molecular weight is 383 g/mol. The molecule has 7 heteroatoms. The van der Waals surface area contributed by atoms with Crippen molar-refractivity contribution in [2.75, 3.05) is 22.1 Å². The summed E-state index contributed by atoms with van der Waals surface area (Å²) in [4.78, 5) is 36.8. The van der Waals surface area contributed by atoms with Crippen molar-refractivity contribution in [2.45, 2.75) is 33.8 Å². The molecule has 0 aliphatic carbocycles. The fourth-order valence-corrected chi connectivity index (χ4v) is 2.55. The predicted octanol–water partition coefficient (Wildman–Crippen LogP) is 3.42. The highest BCUT2D eigenvalue weighted by Gasteiger charge is 2.16. The van der Waals surface area contributed by atoms with Gasteiger partial charge >= 0.3 is 0 Å². The van der Waals surface area contributed by atoms with Crippen molar-refractivity contribution in [3.63, 3.8) is 0 Å². The maximum atomic E-state index is 12.4. The second-order valence-electron chi connectivity index (χ2n) is 6.57. The molecule has 28 heavy (non-hydrogen) atoms.